The monoisotopic (exact) mass is 99.0 g/mol. The Labute approximate surface area is 40.8 Å². The van der Waals surface area contributed by atoms with Gasteiger partial charge in [-0.15, -0.1) is 0 Å². The second kappa shape index (κ2) is 1.37. The van der Waals surface area contributed by atoms with Gasteiger partial charge in [0.15, 0.2) is 5.82 Å². The summed E-state index contributed by atoms with van der Waals surface area (Å²) in [6.07, 6.45) is 1.26. The van der Waals surface area contributed by atoms with Gasteiger partial charge in [0.2, 0.25) is 0 Å². The second-order valence-electron chi connectivity index (χ2n) is 1.19. The summed E-state index contributed by atoms with van der Waals surface area (Å²) in [5.41, 5.74) is 0. The van der Waals surface area contributed by atoms with Gasteiger partial charge in [-0.25, -0.2) is 4.39 Å². The van der Waals surface area contributed by atoms with Gasteiger partial charge in [0, 0.05) is 13.0 Å². The van der Waals surface area contributed by atoms with Gasteiger partial charge >= 0.3 is 0 Å². The number of hydrogen-bond acceptors (Lipinski definition) is 1. The molecule has 0 saturated heterocycles. The highest BCUT2D eigenvalue weighted by Gasteiger charge is 1.94. The summed E-state index contributed by atoms with van der Waals surface area (Å²) in [5.74, 6) is -0.292. The molecule has 0 N–H and O–H groups in total. The third-order valence-electron chi connectivity index (χ3n) is 0.691. The van der Waals surface area contributed by atoms with E-state index in [2.05, 4.69) is 11.3 Å². The Morgan fingerprint density at radius 1 is 1.71 bits per heavy atom. The smallest absolute Gasteiger partial charge is 0.164 e. The van der Waals surface area contributed by atoms with Crippen molar-refractivity contribution < 1.29 is 8.81 Å². The van der Waals surface area contributed by atoms with Crippen molar-refractivity contribution in [2.75, 3.05) is 0 Å². The van der Waals surface area contributed by atoms with Crippen LogP contribution in [0.1, 0.15) is 5.76 Å². The van der Waals surface area contributed by atoms with Crippen molar-refractivity contribution in [3.63, 3.8) is 0 Å². The number of furan rings is 1. The van der Waals surface area contributed by atoms with E-state index in [1.807, 2.05) is 0 Å². The van der Waals surface area contributed by atoms with Crippen LogP contribution < -0.4 is 0 Å². The summed E-state index contributed by atoms with van der Waals surface area (Å²) in [7, 11) is 0. The van der Waals surface area contributed by atoms with E-state index in [1.54, 1.807) is 0 Å². The number of rotatable bonds is 0. The Hall–Kier alpha value is -0.790. The highest BCUT2D eigenvalue weighted by atomic mass is 19.1. The molecule has 0 bridgehead atoms. The van der Waals surface area contributed by atoms with Crippen LogP contribution in [0.25, 0.3) is 0 Å². The zero-order valence-corrected chi connectivity index (χ0v) is 3.65. The fourth-order valence-electron chi connectivity index (χ4n) is 0.325. The van der Waals surface area contributed by atoms with Crippen molar-refractivity contribution in [2.24, 2.45) is 0 Å². The average molecular weight is 99.1 g/mol. The highest BCUT2D eigenvalue weighted by molar-refractivity contribution is 5.04. The van der Waals surface area contributed by atoms with Crippen molar-refractivity contribution >= 4 is 0 Å². The van der Waals surface area contributed by atoms with Crippen LogP contribution in [0, 0.1) is 12.7 Å². The zero-order valence-electron chi connectivity index (χ0n) is 3.65. The second-order valence-corrected chi connectivity index (χ2v) is 1.19. The van der Waals surface area contributed by atoms with E-state index in [9.17, 15) is 4.39 Å². The molecule has 1 aromatic rings. The first-order valence-electron chi connectivity index (χ1n) is 1.85. The van der Waals surface area contributed by atoms with Crippen LogP contribution in [0.4, 0.5) is 4.39 Å². The van der Waals surface area contributed by atoms with E-state index in [0.717, 1.165) is 0 Å². The predicted molar refractivity (Wildman–Crippen MR) is 23.1 cm³/mol. The molecule has 0 amide bonds. The van der Waals surface area contributed by atoms with Gasteiger partial charge < -0.3 is 4.42 Å². The van der Waals surface area contributed by atoms with Gasteiger partial charge in [-0.2, -0.15) is 0 Å². The molecule has 7 heavy (non-hydrogen) atoms. The van der Waals surface area contributed by atoms with E-state index in [1.165, 1.54) is 12.3 Å². The number of halogens is 1. The van der Waals surface area contributed by atoms with E-state index < -0.39 is 0 Å². The molecule has 1 aromatic heterocycles. The third-order valence-corrected chi connectivity index (χ3v) is 0.691. The molecule has 0 aliphatic rings. The summed E-state index contributed by atoms with van der Waals surface area (Å²) in [6.45, 7) is 3.24. The summed E-state index contributed by atoms with van der Waals surface area (Å²) in [6, 6.07) is 1.22. The normalized spacial score (nSPS) is 9.43. The maximum Gasteiger partial charge on any atom is 0.164 e. The maximum absolute atomic E-state index is 11.9. The van der Waals surface area contributed by atoms with Crippen molar-refractivity contribution in [1.82, 2.24) is 0 Å². The summed E-state index contributed by atoms with van der Waals surface area (Å²) < 4.78 is 16.4. The minimum Gasteiger partial charge on any atom is -0.466 e. The van der Waals surface area contributed by atoms with Crippen molar-refractivity contribution in [3.05, 3.63) is 30.8 Å². The molecule has 0 aromatic carbocycles. The molecule has 0 spiro atoms. The minimum absolute atomic E-state index is 0.0972. The maximum atomic E-state index is 11.9. The molecule has 2 heteroatoms. The molecular formula is C5H4FO. The molecule has 0 atom stereocenters. The van der Waals surface area contributed by atoms with Crippen LogP contribution in [0.15, 0.2) is 16.7 Å². The molecule has 1 heterocycles. The van der Waals surface area contributed by atoms with Crippen LogP contribution in [0.2, 0.25) is 0 Å². The first-order valence-corrected chi connectivity index (χ1v) is 1.85. The first-order chi connectivity index (χ1) is 3.30. The summed E-state index contributed by atoms with van der Waals surface area (Å²) in [4.78, 5) is 0. The van der Waals surface area contributed by atoms with Gasteiger partial charge in [-0.1, -0.05) is 0 Å². The van der Waals surface area contributed by atoms with Gasteiger partial charge in [0.25, 0.3) is 0 Å². The number of hydrogen-bond donors (Lipinski definition) is 0. The third kappa shape index (κ3) is 0.633. The Kier molecular flexibility index (Phi) is 0.855. The van der Waals surface area contributed by atoms with Crippen LogP contribution in [0.3, 0.4) is 0 Å². The van der Waals surface area contributed by atoms with Crippen LogP contribution in [-0.4, -0.2) is 0 Å². The lowest BCUT2D eigenvalue weighted by atomic mass is 10.5. The van der Waals surface area contributed by atoms with E-state index in [-0.39, 0.29) is 11.6 Å². The minimum atomic E-state index is -0.389. The van der Waals surface area contributed by atoms with Crippen LogP contribution in [0.5, 0.6) is 0 Å². The molecular weight excluding hydrogens is 95.1 g/mol. The van der Waals surface area contributed by atoms with Gasteiger partial charge in [-0.05, 0) is 0 Å². The Morgan fingerprint density at radius 3 is 2.57 bits per heavy atom. The van der Waals surface area contributed by atoms with Crippen LogP contribution in [-0.2, 0) is 0 Å². The van der Waals surface area contributed by atoms with Gasteiger partial charge in [-0.3, -0.25) is 0 Å². The molecule has 0 unspecified atom stereocenters. The fourth-order valence-corrected chi connectivity index (χ4v) is 0.325. The molecule has 1 nitrogen and oxygen atoms in total. The Balaban J connectivity index is 3.12. The van der Waals surface area contributed by atoms with Crippen molar-refractivity contribution in [1.29, 1.82) is 0 Å². The van der Waals surface area contributed by atoms with Crippen molar-refractivity contribution in [2.45, 2.75) is 0 Å². The van der Waals surface area contributed by atoms with Crippen LogP contribution >= 0.6 is 0 Å². The highest BCUT2D eigenvalue weighted by Crippen LogP contribution is 2.03. The zero-order chi connectivity index (χ0) is 5.28. The summed E-state index contributed by atoms with van der Waals surface area (Å²) in [5, 5.41) is 0. The standard InChI is InChI=1S/C5H4FO/c1-4-5(6)2-3-7-4/h2-3H,1H2. The van der Waals surface area contributed by atoms with Gasteiger partial charge in [0.1, 0.15) is 5.76 Å². The van der Waals surface area contributed by atoms with Gasteiger partial charge in [0.05, 0.1) is 6.26 Å². The van der Waals surface area contributed by atoms with E-state index in [0.29, 0.717) is 0 Å². The molecule has 0 saturated carbocycles. The quantitative estimate of drug-likeness (QED) is 0.481. The Bertz CT molecular complexity index is 140. The summed E-state index contributed by atoms with van der Waals surface area (Å²) >= 11 is 0. The first kappa shape index (κ1) is 4.37. The lowest BCUT2D eigenvalue weighted by Crippen LogP contribution is -1.65. The fraction of sp³-hybridized carbons (Fsp3) is 0. The van der Waals surface area contributed by atoms with E-state index in [4.69, 9.17) is 0 Å². The SMILES string of the molecule is [CH2]c1occc1F. The average Bonchev–Trinajstić information content (AvgIpc) is 1.91. The largest absolute Gasteiger partial charge is 0.466 e. The molecule has 0 fully saturated rings. The molecule has 1 radical (unpaired) electrons. The molecule has 37 valence electrons. The molecule has 1 rings (SSSR count). The topological polar surface area (TPSA) is 13.1 Å². The molecule has 0 aliphatic carbocycles. The van der Waals surface area contributed by atoms with E-state index >= 15 is 0 Å². The predicted octanol–water partition coefficient (Wildman–Crippen LogP) is 1.60. The lowest BCUT2D eigenvalue weighted by molar-refractivity contribution is 0.513. The van der Waals surface area contributed by atoms with Crippen molar-refractivity contribution in [3.8, 4) is 0 Å². The molecule has 0 aliphatic heterocycles. The lowest BCUT2D eigenvalue weighted by Gasteiger charge is -1.74. The Morgan fingerprint density at radius 2 is 2.43 bits per heavy atom.